The van der Waals surface area contributed by atoms with Gasteiger partial charge in [-0.3, -0.25) is 0 Å². The second kappa shape index (κ2) is 16.6. The molecule has 4 aromatic rings. The van der Waals surface area contributed by atoms with E-state index in [1.807, 2.05) is 12.1 Å². The SMILES string of the molecule is CCC.CCC.Cc1ccccc1-c1ccccc1.Cc1ccccc1-c1ccccc1. The summed E-state index contributed by atoms with van der Waals surface area (Å²) < 4.78 is 0. The first kappa shape index (κ1) is 26.9. The van der Waals surface area contributed by atoms with Crippen LogP contribution in [-0.2, 0) is 0 Å². The molecule has 0 amide bonds. The van der Waals surface area contributed by atoms with Gasteiger partial charge in [0, 0.05) is 0 Å². The van der Waals surface area contributed by atoms with Crippen LogP contribution in [-0.4, -0.2) is 0 Å². The summed E-state index contributed by atoms with van der Waals surface area (Å²) >= 11 is 0. The Kier molecular flexibility index (Phi) is 13.9. The van der Waals surface area contributed by atoms with Crippen LogP contribution in [0.25, 0.3) is 22.3 Å². The minimum Gasteiger partial charge on any atom is -0.0656 e. The van der Waals surface area contributed by atoms with E-state index in [0.717, 1.165) is 0 Å². The van der Waals surface area contributed by atoms with Gasteiger partial charge in [0.15, 0.2) is 0 Å². The summed E-state index contributed by atoms with van der Waals surface area (Å²) in [6, 6.07) is 37.8. The molecule has 4 aromatic carbocycles. The van der Waals surface area contributed by atoms with Crippen molar-refractivity contribution < 1.29 is 0 Å². The Morgan fingerprint density at radius 3 is 0.906 bits per heavy atom. The molecule has 0 N–H and O–H groups in total. The van der Waals surface area contributed by atoms with Gasteiger partial charge in [-0.25, -0.2) is 0 Å². The van der Waals surface area contributed by atoms with Gasteiger partial charge in [0.1, 0.15) is 0 Å². The normalized spacial score (nSPS) is 9.19. The van der Waals surface area contributed by atoms with E-state index < -0.39 is 0 Å². The average molecular weight is 425 g/mol. The zero-order valence-electron chi connectivity index (χ0n) is 20.8. The Bertz CT molecular complexity index is 886. The first-order valence-electron chi connectivity index (χ1n) is 11.8. The second-order valence-corrected chi connectivity index (χ2v) is 7.78. The summed E-state index contributed by atoms with van der Waals surface area (Å²) in [4.78, 5) is 0. The molecular formula is C32H40. The van der Waals surface area contributed by atoms with Gasteiger partial charge < -0.3 is 0 Å². The Labute approximate surface area is 197 Å². The predicted molar refractivity (Wildman–Crippen MR) is 145 cm³/mol. The lowest BCUT2D eigenvalue weighted by molar-refractivity contribution is 1.09. The maximum Gasteiger partial charge on any atom is -0.0155 e. The molecule has 0 heteroatoms. The Morgan fingerprint density at radius 2 is 0.625 bits per heavy atom. The zero-order chi connectivity index (χ0) is 23.6. The monoisotopic (exact) mass is 424 g/mol. The summed E-state index contributed by atoms with van der Waals surface area (Å²) in [5, 5.41) is 0. The van der Waals surface area contributed by atoms with Crippen molar-refractivity contribution >= 4 is 0 Å². The van der Waals surface area contributed by atoms with Crippen molar-refractivity contribution in [2.24, 2.45) is 0 Å². The van der Waals surface area contributed by atoms with Crippen molar-refractivity contribution in [2.75, 3.05) is 0 Å². The number of rotatable bonds is 2. The van der Waals surface area contributed by atoms with Crippen LogP contribution < -0.4 is 0 Å². The van der Waals surface area contributed by atoms with Gasteiger partial charge in [-0.15, -0.1) is 0 Å². The Hall–Kier alpha value is -3.12. The molecule has 0 saturated carbocycles. The van der Waals surface area contributed by atoms with E-state index in [9.17, 15) is 0 Å². The average Bonchev–Trinajstić information content (AvgIpc) is 2.82. The van der Waals surface area contributed by atoms with E-state index in [-0.39, 0.29) is 0 Å². The second-order valence-electron chi connectivity index (χ2n) is 7.78. The van der Waals surface area contributed by atoms with Crippen molar-refractivity contribution in [3.63, 3.8) is 0 Å². The first-order chi connectivity index (χ1) is 15.6. The molecule has 0 spiro atoms. The highest BCUT2D eigenvalue weighted by Gasteiger charge is 1.98. The van der Waals surface area contributed by atoms with Crippen molar-refractivity contribution in [3.8, 4) is 22.3 Å². The summed E-state index contributed by atoms with van der Waals surface area (Å²) in [6.07, 6.45) is 2.50. The standard InChI is InChI=1S/2C13H12.2C3H8/c2*1-11-7-5-6-10-13(11)12-8-3-2-4-9-12;2*1-3-2/h2*2-10H,1H3;2*3H2,1-2H3. The van der Waals surface area contributed by atoms with Gasteiger partial charge >= 0.3 is 0 Å². The van der Waals surface area contributed by atoms with Gasteiger partial charge in [0.05, 0.1) is 0 Å². The summed E-state index contributed by atoms with van der Waals surface area (Å²) in [6.45, 7) is 12.8. The fourth-order valence-corrected chi connectivity index (χ4v) is 3.03. The number of hydrogen-bond donors (Lipinski definition) is 0. The lowest BCUT2D eigenvalue weighted by atomic mass is 10.0. The molecule has 0 aliphatic carbocycles. The molecule has 0 heterocycles. The smallest absolute Gasteiger partial charge is 0.0155 e. The number of aryl methyl sites for hydroxylation is 2. The molecule has 32 heavy (non-hydrogen) atoms. The molecule has 0 aliphatic heterocycles. The third-order valence-corrected chi connectivity index (χ3v) is 4.46. The largest absolute Gasteiger partial charge is 0.0656 e. The molecule has 0 atom stereocenters. The lowest BCUT2D eigenvalue weighted by Crippen LogP contribution is -1.80. The highest BCUT2D eigenvalue weighted by molar-refractivity contribution is 5.67. The molecule has 0 radical (unpaired) electrons. The lowest BCUT2D eigenvalue weighted by Gasteiger charge is -2.04. The van der Waals surface area contributed by atoms with Crippen LogP contribution in [0.1, 0.15) is 51.7 Å². The van der Waals surface area contributed by atoms with Crippen molar-refractivity contribution in [2.45, 2.75) is 54.4 Å². The van der Waals surface area contributed by atoms with Gasteiger partial charge in [0.25, 0.3) is 0 Å². The van der Waals surface area contributed by atoms with Gasteiger partial charge in [0.2, 0.25) is 0 Å². The quantitative estimate of drug-likeness (QED) is 0.300. The molecule has 0 aliphatic rings. The third kappa shape index (κ3) is 9.79. The fourth-order valence-electron chi connectivity index (χ4n) is 3.03. The number of hydrogen-bond acceptors (Lipinski definition) is 0. The number of benzene rings is 4. The van der Waals surface area contributed by atoms with E-state index in [0.29, 0.717) is 0 Å². The minimum absolute atomic E-state index is 1.25. The van der Waals surface area contributed by atoms with E-state index >= 15 is 0 Å². The summed E-state index contributed by atoms with van der Waals surface area (Å²) in [7, 11) is 0. The molecule has 0 fully saturated rings. The molecular weight excluding hydrogens is 384 g/mol. The van der Waals surface area contributed by atoms with Crippen molar-refractivity contribution in [1.82, 2.24) is 0 Å². The summed E-state index contributed by atoms with van der Waals surface area (Å²) in [5.41, 5.74) is 7.88. The first-order valence-corrected chi connectivity index (χ1v) is 11.8. The van der Waals surface area contributed by atoms with Crippen LogP contribution in [0.5, 0.6) is 0 Å². The van der Waals surface area contributed by atoms with E-state index in [1.54, 1.807) is 0 Å². The minimum atomic E-state index is 1.25. The van der Waals surface area contributed by atoms with Crippen LogP contribution >= 0.6 is 0 Å². The fraction of sp³-hybridized carbons (Fsp3) is 0.250. The van der Waals surface area contributed by atoms with Crippen molar-refractivity contribution in [3.05, 3.63) is 120 Å². The van der Waals surface area contributed by atoms with E-state index in [2.05, 4.69) is 139 Å². The molecule has 0 bridgehead atoms. The molecule has 0 saturated heterocycles. The molecule has 0 unspecified atom stereocenters. The van der Waals surface area contributed by atoms with Crippen LogP contribution in [0.3, 0.4) is 0 Å². The molecule has 0 nitrogen and oxygen atoms in total. The van der Waals surface area contributed by atoms with Crippen LogP contribution in [0.15, 0.2) is 109 Å². The maximum absolute atomic E-state index is 2.16. The maximum atomic E-state index is 2.16. The Morgan fingerprint density at radius 1 is 0.375 bits per heavy atom. The molecule has 0 aromatic heterocycles. The van der Waals surface area contributed by atoms with Gasteiger partial charge in [-0.1, -0.05) is 150 Å². The van der Waals surface area contributed by atoms with Gasteiger partial charge in [-0.05, 0) is 47.2 Å². The summed E-state index contributed by atoms with van der Waals surface area (Å²) in [5.74, 6) is 0. The zero-order valence-corrected chi connectivity index (χ0v) is 20.8. The molecule has 4 rings (SSSR count). The van der Waals surface area contributed by atoms with Crippen LogP contribution in [0.2, 0.25) is 0 Å². The topological polar surface area (TPSA) is 0 Å². The van der Waals surface area contributed by atoms with Crippen LogP contribution in [0, 0.1) is 13.8 Å². The molecule has 168 valence electrons. The van der Waals surface area contributed by atoms with E-state index in [4.69, 9.17) is 0 Å². The Balaban J connectivity index is 0.000000258. The third-order valence-electron chi connectivity index (χ3n) is 4.46. The van der Waals surface area contributed by atoms with Gasteiger partial charge in [-0.2, -0.15) is 0 Å². The predicted octanol–water partition coefficient (Wildman–Crippen LogP) is 10.2. The highest BCUT2D eigenvalue weighted by atomic mass is 14.0. The highest BCUT2D eigenvalue weighted by Crippen LogP contribution is 2.22. The van der Waals surface area contributed by atoms with E-state index in [1.165, 1.54) is 46.2 Å². The van der Waals surface area contributed by atoms with Crippen molar-refractivity contribution in [1.29, 1.82) is 0 Å². The van der Waals surface area contributed by atoms with Crippen LogP contribution in [0.4, 0.5) is 0 Å².